The van der Waals surface area contributed by atoms with Gasteiger partial charge in [-0.3, -0.25) is 0 Å². The summed E-state index contributed by atoms with van der Waals surface area (Å²) in [6.45, 7) is 0. The van der Waals surface area contributed by atoms with Gasteiger partial charge < -0.3 is 18.3 Å². The van der Waals surface area contributed by atoms with Crippen LogP contribution in [0.1, 0.15) is 5.56 Å². The summed E-state index contributed by atoms with van der Waals surface area (Å²) in [5.41, 5.74) is 16.8. The number of hydrogen-bond acceptors (Lipinski definition) is 3. The monoisotopic (exact) mass is 993 g/mol. The van der Waals surface area contributed by atoms with Gasteiger partial charge in [-0.15, -0.1) is 0 Å². The van der Waals surface area contributed by atoms with Crippen LogP contribution in [0, 0.1) is 11.3 Å². The molecule has 0 aliphatic heterocycles. The second-order valence-corrected chi connectivity index (χ2v) is 20.0. The van der Waals surface area contributed by atoms with Crippen LogP contribution < -0.4 is 0 Å². The molecule has 0 aliphatic rings. The van der Waals surface area contributed by atoms with Crippen molar-refractivity contribution in [3.8, 4) is 62.7 Å². The zero-order valence-electron chi connectivity index (χ0n) is 42.0. The Morgan fingerprint density at radius 3 is 1.24 bits per heavy atom. The first-order valence-corrected chi connectivity index (χ1v) is 26.3. The van der Waals surface area contributed by atoms with Crippen LogP contribution in [0.4, 0.5) is 0 Å². The predicted octanol–water partition coefficient (Wildman–Crippen LogP) is 17.7. The normalized spacial score (nSPS) is 11.8. The highest BCUT2D eigenvalue weighted by atomic mass is 15.0. The summed E-state index contributed by atoms with van der Waals surface area (Å²) in [6, 6.07) is 94.8. The minimum Gasteiger partial charge on any atom is -0.309 e. The smallest absolute Gasteiger partial charge is 0.160 e. The van der Waals surface area contributed by atoms with E-state index < -0.39 is 0 Å². The van der Waals surface area contributed by atoms with E-state index in [1.807, 2.05) is 36.4 Å². The standard InChI is InChI=1S/C71H43N7/c72-44-57-65(77-61-34-18-15-31-52(61)56-41-67-55(42-68(56)77)51-30-14-17-33-60(51)76(67)49-27-11-4-12-28-49)39-47(71-73-58(45-21-5-1-6-22-45)43-59(74-71)46-23-7-2-8-24-46)40-66(57)78-62-35-19-13-29-50(62)53-37-38-64-69(70(53)78)54-32-16-20-36-63(54)75(64)48-25-9-3-10-26-48/h1-43H. The Bertz CT molecular complexity index is 5080. The summed E-state index contributed by atoms with van der Waals surface area (Å²) in [4.78, 5) is 10.9. The van der Waals surface area contributed by atoms with Crippen molar-refractivity contribution >= 4 is 87.2 Å². The Kier molecular flexibility index (Phi) is 9.56. The van der Waals surface area contributed by atoms with Gasteiger partial charge in [0.25, 0.3) is 0 Å². The highest BCUT2D eigenvalue weighted by molar-refractivity contribution is 6.26. The first-order chi connectivity index (χ1) is 38.7. The molecule has 11 aromatic carbocycles. The van der Waals surface area contributed by atoms with E-state index in [1.54, 1.807) is 0 Å². The number of nitriles is 1. The van der Waals surface area contributed by atoms with Crippen molar-refractivity contribution in [2.75, 3.05) is 0 Å². The lowest BCUT2D eigenvalue weighted by Gasteiger charge is -2.19. The predicted molar refractivity (Wildman–Crippen MR) is 320 cm³/mol. The van der Waals surface area contributed by atoms with E-state index in [9.17, 15) is 5.26 Å². The molecule has 7 heteroatoms. The summed E-state index contributed by atoms with van der Waals surface area (Å²) in [5.74, 6) is 0.544. The molecule has 16 rings (SSSR count). The molecular formula is C71H43N7. The van der Waals surface area contributed by atoms with E-state index in [2.05, 4.69) is 249 Å². The third-order valence-electron chi connectivity index (χ3n) is 15.8. The van der Waals surface area contributed by atoms with E-state index in [1.165, 1.54) is 0 Å². The molecule has 0 aliphatic carbocycles. The maximum atomic E-state index is 12.2. The minimum absolute atomic E-state index is 0.516. The van der Waals surface area contributed by atoms with E-state index in [4.69, 9.17) is 9.97 Å². The maximum Gasteiger partial charge on any atom is 0.160 e. The van der Waals surface area contributed by atoms with Crippen LogP contribution in [0.15, 0.2) is 261 Å². The lowest BCUT2D eigenvalue weighted by atomic mass is 10.0. The quantitative estimate of drug-likeness (QED) is 0.160. The highest BCUT2D eigenvalue weighted by Gasteiger charge is 2.27. The largest absolute Gasteiger partial charge is 0.309 e. The van der Waals surface area contributed by atoms with Crippen molar-refractivity contribution in [3.05, 3.63) is 266 Å². The number of benzene rings is 11. The van der Waals surface area contributed by atoms with Crippen LogP contribution in [0.3, 0.4) is 0 Å². The van der Waals surface area contributed by atoms with Crippen molar-refractivity contribution in [1.29, 1.82) is 5.26 Å². The molecule has 0 amide bonds. The lowest BCUT2D eigenvalue weighted by Crippen LogP contribution is -2.06. The van der Waals surface area contributed by atoms with Crippen molar-refractivity contribution in [1.82, 2.24) is 28.2 Å². The minimum atomic E-state index is 0.516. The molecule has 0 saturated heterocycles. The Hall–Kier alpha value is -10.8. The molecule has 5 aromatic heterocycles. The molecule has 0 saturated carbocycles. The average molecular weight is 994 g/mol. The molecule has 7 nitrogen and oxygen atoms in total. The van der Waals surface area contributed by atoms with Gasteiger partial charge in [0, 0.05) is 71.2 Å². The fourth-order valence-electron chi connectivity index (χ4n) is 12.5. The number of fused-ring (bicyclic) bond motifs is 13. The maximum absolute atomic E-state index is 12.2. The van der Waals surface area contributed by atoms with Crippen LogP contribution in [0.25, 0.3) is 144 Å². The number of aromatic nitrogens is 6. The van der Waals surface area contributed by atoms with Gasteiger partial charge in [0.1, 0.15) is 11.6 Å². The molecule has 0 bridgehead atoms. The molecule has 0 fully saturated rings. The van der Waals surface area contributed by atoms with Crippen molar-refractivity contribution in [2.45, 2.75) is 0 Å². The SMILES string of the molecule is N#Cc1c(-n2c3ccccc3c3cc4c(cc32)c2ccccc2n4-c2ccccc2)cc(-c2nc(-c3ccccc3)cc(-c3ccccc3)n2)cc1-n1c2ccccc2c2ccc3c(c4ccccc4n3-c3ccccc3)c21. The summed E-state index contributed by atoms with van der Waals surface area (Å²) in [6.07, 6.45) is 0. The lowest BCUT2D eigenvalue weighted by molar-refractivity contribution is 1.11. The van der Waals surface area contributed by atoms with Gasteiger partial charge in [-0.1, -0.05) is 176 Å². The summed E-state index contributed by atoms with van der Waals surface area (Å²) < 4.78 is 9.39. The third-order valence-corrected chi connectivity index (χ3v) is 15.8. The van der Waals surface area contributed by atoms with E-state index >= 15 is 0 Å². The molecule has 0 atom stereocenters. The topological polar surface area (TPSA) is 69.3 Å². The van der Waals surface area contributed by atoms with Crippen molar-refractivity contribution in [3.63, 3.8) is 0 Å². The van der Waals surface area contributed by atoms with Gasteiger partial charge in [0.05, 0.1) is 66.9 Å². The van der Waals surface area contributed by atoms with Gasteiger partial charge in [0.15, 0.2) is 5.82 Å². The first-order valence-electron chi connectivity index (χ1n) is 26.3. The molecule has 78 heavy (non-hydrogen) atoms. The second kappa shape index (κ2) is 17.1. The Morgan fingerprint density at radius 2 is 0.705 bits per heavy atom. The molecule has 16 aromatic rings. The van der Waals surface area contributed by atoms with Crippen LogP contribution in [-0.2, 0) is 0 Å². The van der Waals surface area contributed by atoms with Gasteiger partial charge in [-0.2, -0.15) is 5.26 Å². The number of nitrogens with zero attached hydrogens (tertiary/aromatic N) is 7. The molecule has 362 valence electrons. The highest BCUT2D eigenvalue weighted by Crippen LogP contribution is 2.46. The number of hydrogen-bond donors (Lipinski definition) is 0. The molecule has 0 spiro atoms. The average Bonchev–Trinajstić information content (AvgIpc) is 4.43. The number of rotatable bonds is 7. The molecule has 5 heterocycles. The fraction of sp³-hybridized carbons (Fsp3) is 0. The van der Waals surface area contributed by atoms with Gasteiger partial charge in [-0.05, 0) is 84.9 Å². The zero-order valence-corrected chi connectivity index (χ0v) is 42.0. The summed E-state index contributed by atoms with van der Waals surface area (Å²) in [7, 11) is 0. The Labute approximate surface area is 447 Å². The third kappa shape index (κ3) is 6.44. The van der Waals surface area contributed by atoms with Crippen molar-refractivity contribution in [2.24, 2.45) is 0 Å². The number of para-hydroxylation sites is 6. The van der Waals surface area contributed by atoms with Gasteiger partial charge >= 0.3 is 0 Å². The van der Waals surface area contributed by atoms with Crippen LogP contribution in [0.5, 0.6) is 0 Å². The first kappa shape index (κ1) is 43.6. The molecular weight excluding hydrogens is 951 g/mol. The van der Waals surface area contributed by atoms with Crippen LogP contribution >= 0.6 is 0 Å². The Morgan fingerprint density at radius 1 is 0.295 bits per heavy atom. The zero-order chi connectivity index (χ0) is 51.4. The van der Waals surface area contributed by atoms with Crippen molar-refractivity contribution < 1.29 is 0 Å². The summed E-state index contributed by atoms with van der Waals surface area (Å²) in [5, 5.41) is 21.0. The Balaban J connectivity index is 1.08. The van der Waals surface area contributed by atoms with Gasteiger partial charge in [-0.25, -0.2) is 9.97 Å². The van der Waals surface area contributed by atoms with Crippen LogP contribution in [0.2, 0.25) is 0 Å². The van der Waals surface area contributed by atoms with E-state index in [-0.39, 0.29) is 0 Å². The molecule has 0 radical (unpaired) electrons. The van der Waals surface area contributed by atoms with Crippen LogP contribution in [-0.4, -0.2) is 28.2 Å². The summed E-state index contributed by atoms with van der Waals surface area (Å²) >= 11 is 0. The van der Waals surface area contributed by atoms with Gasteiger partial charge in [0.2, 0.25) is 0 Å². The van der Waals surface area contributed by atoms with E-state index in [0.717, 1.165) is 138 Å². The molecule has 0 N–H and O–H groups in total. The fourth-order valence-corrected chi connectivity index (χ4v) is 12.5. The van der Waals surface area contributed by atoms with E-state index in [0.29, 0.717) is 11.4 Å². The molecule has 0 unspecified atom stereocenters. The second-order valence-electron chi connectivity index (χ2n) is 20.0.